The zero-order chi connectivity index (χ0) is 7.84. The number of benzene rings is 1. The molecule has 3 heteroatoms. The van der Waals surface area contributed by atoms with Crippen LogP contribution in [0.1, 0.15) is 0 Å². The second kappa shape index (κ2) is 2.92. The molecule has 0 N–H and O–H groups in total. The summed E-state index contributed by atoms with van der Waals surface area (Å²) in [7, 11) is 0. The third-order valence-corrected chi connectivity index (χ3v) is 3.67. The molecule has 0 spiro atoms. The number of fused-ring (bicyclic) bond motifs is 1. The van der Waals surface area contributed by atoms with E-state index in [2.05, 4.69) is 34.7 Å². The van der Waals surface area contributed by atoms with E-state index in [0.29, 0.717) is 0 Å². The van der Waals surface area contributed by atoms with Crippen LogP contribution >= 0.6 is 45.5 Å². The van der Waals surface area contributed by atoms with Gasteiger partial charge in [0.1, 0.15) is 0 Å². The zero-order valence-corrected chi connectivity index (χ0v) is 9.20. The summed E-state index contributed by atoms with van der Waals surface area (Å²) in [5.74, 6) is 0. The topological polar surface area (TPSA) is 0 Å². The van der Waals surface area contributed by atoms with Crippen LogP contribution in [0.3, 0.4) is 0 Å². The van der Waals surface area contributed by atoms with Crippen molar-refractivity contribution in [2.75, 3.05) is 0 Å². The molecule has 0 nitrogen and oxygen atoms in total. The molecule has 2 rings (SSSR count). The average molecular weight is 295 g/mol. The lowest BCUT2D eigenvalue weighted by Crippen LogP contribution is -1.62. The maximum Gasteiger partial charge on any atom is 0.0666 e. The molecule has 0 atom stereocenters. The fourth-order valence-corrected chi connectivity index (χ4v) is 3.11. The first kappa shape index (κ1) is 7.83. The largest absolute Gasteiger partial charge is 0.129 e. The van der Waals surface area contributed by atoms with Crippen LogP contribution in [-0.2, 0) is 0 Å². The molecular formula is C8H4ClIS. The van der Waals surface area contributed by atoms with Crippen molar-refractivity contribution in [3.63, 3.8) is 0 Å². The van der Waals surface area contributed by atoms with Gasteiger partial charge in [0.2, 0.25) is 0 Å². The van der Waals surface area contributed by atoms with Gasteiger partial charge in [-0.15, -0.1) is 11.3 Å². The summed E-state index contributed by atoms with van der Waals surface area (Å²) in [5.41, 5.74) is 0. The first-order chi connectivity index (χ1) is 5.27. The number of halogens is 2. The van der Waals surface area contributed by atoms with Crippen molar-refractivity contribution >= 4 is 55.6 Å². The van der Waals surface area contributed by atoms with E-state index >= 15 is 0 Å². The Morgan fingerprint density at radius 2 is 2.18 bits per heavy atom. The lowest BCUT2D eigenvalue weighted by Gasteiger charge is -1.89. The Kier molecular flexibility index (Phi) is 2.08. The van der Waals surface area contributed by atoms with Gasteiger partial charge in [0.15, 0.2) is 0 Å². The van der Waals surface area contributed by atoms with E-state index < -0.39 is 0 Å². The van der Waals surface area contributed by atoms with Gasteiger partial charge in [0, 0.05) is 15.1 Å². The number of rotatable bonds is 0. The first-order valence-electron chi connectivity index (χ1n) is 3.11. The van der Waals surface area contributed by atoms with Crippen LogP contribution in [0.4, 0.5) is 0 Å². The molecule has 0 aliphatic carbocycles. The molecule has 0 unspecified atom stereocenters. The van der Waals surface area contributed by atoms with Gasteiger partial charge in [-0.2, -0.15) is 0 Å². The average Bonchev–Trinajstić information content (AvgIpc) is 2.31. The van der Waals surface area contributed by atoms with Gasteiger partial charge < -0.3 is 0 Å². The second-order valence-corrected chi connectivity index (χ2v) is 5.59. The van der Waals surface area contributed by atoms with Crippen molar-refractivity contribution < 1.29 is 0 Å². The molecule has 1 aromatic carbocycles. The standard InChI is InChI=1S/C8H4ClIS/c9-6-2-1-3-7-5(6)4-8(10)11-7/h1-4H. The van der Waals surface area contributed by atoms with Gasteiger partial charge in [0.25, 0.3) is 0 Å². The Balaban J connectivity index is 2.90. The molecule has 0 amide bonds. The maximum atomic E-state index is 5.97. The molecule has 0 fully saturated rings. The highest BCUT2D eigenvalue weighted by Gasteiger charge is 2.01. The maximum absolute atomic E-state index is 5.97. The lowest BCUT2D eigenvalue weighted by atomic mass is 10.3. The minimum absolute atomic E-state index is 0.849. The van der Waals surface area contributed by atoms with Crippen LogP contribution in [-0.4, -0.2) is 0 Å². The van der Waals surface area contributed by atoms with Crippen molar-refractivity contribution in [2.45, 2.75) is 0 Å². The van der Waals surface area contributed by atoms with Gasteiger partial charge in [0.05, 0.1) is 2.88 Å². The number of hydrogen-bond acceptors (Lipinski definition) is 1. The highest BCUT2D eigenvalue weighted by Crippen LogP contribution is 2.31. The smallest absolute Gasteiger partial charge is 0.0666 e. The highest BCUT2D eigenvalue weighted by atomic mass is 127. The van der Waals surface area contributed by atoms with Crippen LogP contribution in [0, 0.1) is 2.88 Å². The summed E-state index contributed by atoms with van der Waals surface area (Å²) < 4.78 is 2.55. The third kappa shape index (κ3) is 1.39. The quantitative estimate of drug-likeness (QED) is 0.640. The Morgan fingerprint density at radius 1 is 1.36 bits per heavy atom. The van der Waals surface area contributed by atoms with E-state index in [1.807, 2.05) is 12.1 Å². The molecule has 0 radical (unpaired) electrons. The monoisotopic (exact) mass is 294 g/mol. The van der Waals surface area contributed by atoms with E-state index in [-0.39, 0.29) is 0 Å². The van der Waals surface area contributed by atoms with Crippen molar-refractivity contribution in [1.29, 1.82) is 0 Å². The molecular weight excluding hydrogens is 291 g/mol. The summed E-state index contributed by atoms with van der Waals surface area (Å²) in [6.07, 6.45) is 0. The summed E-state index contributed by atoms with van der Waals surface area (Å²) >= 11 is 10.1. The summed E-state index contributed by atoms with van der Waals surface area (Å²) in [6, 6.07) is 8.11. The molecule has 56 valence electrons. The normalized spacial score (nSPS) is 10.7. The third-order valence-electron chi connectivity index (χ3n) is 1.48. The molecule has 0 aliphatic heterocycles. The van der Waals surface area contributed by atoms with E-state index in [0.717, 1.165) is 5.02 Å². The van der Waals surface area contributed by atoms with Crippen LogP contribution in [0.5, 0.6) is 0 Å². The fraction of sp³-hybridized carbons (Fsp3) is 0. The van der Waals surface area contributed by atoms with Crippen molar-refractivity contribution in [2.24, 2.45) is 0 Å². The molecule has 11 heavy (non-hydrogen) atoms. The Labute approximate surface area is 87.3 Å². The van der Waals surface area contributed by atoms with E-state index in [1.165, 1.54) is 13.0 Å². The summed E-state index contributed by atoms with van der Waals surface area (Å²) in [6.45, 7) is 0. The van der Waals surface area contributed by atoms with Crippen LogP contribution in [0.25, 0.3) is 10.1 Å². The van der Waals surface area contributed by atoms with Gasteiger partial charge in [-0.25, -0.2) is 0 Å². The molecule has 0 saturated carbocycles. The number of hydrogen-bond donors (Lipinski definition) is 0. The predicted octanol–water partition coefficient (Wildman–Crippen LogP) is 4.16. The van der Waals surface area contributed by atoms with Crippen molar-refractivity contribution in [3.05, 3.63) is 32.2 Å². The Morgan fingerprint density at radius 3 is 2.91 bits per heavy atom. The van der Waals surface area contributed by atoms with E-state index in [9.17, 15) is 0 Å². The highest BCUT2D eigenvalue weighted by molar-refractivity contribution is 14.1. The van der Waals surface area contributed by atoms with Gasteiger partial charge in [-0.3, -0.25) is 0 Å². The fourth-order valence-electron chi connectivity index (χ4n) is 0.994. The minimum Gasteiger partial charge on any atom is -0.129 e. The predicted molar refractivity (Wildman–Crippen MR) is 59.6 cm³/mol. The van der Waals surface area contributed by atoms with Crippen LogP contribution in [0.15, 0.2) is 24.3 Å². The molecule has 1 aromatic heterocycles. The minimum atomic E-state index is 0.849. The molecule has 2 aromatic rings. The van der Waals surface area contributed by atoms with Gasteiger partial charge >= 0.3 is 0 Å². The molecule has 1 heterocycles. The second-order valence-electron chi connectivity index (χ2n) is 2.20. The molecule has 0 saturated heterocycles. The van der Waals surface area contributed by atoms with Gasteiger partial charge in [-0.05, 0) is 40.8 Å². The van der Waals surface area contributed by atoms with Crippen LogP contribution < -0.4 is 0 Å². The SMILES string of the molecule is Clc1cccc2sc(I)cc12. The van der Waals surface area contributed by atoms with E-state index in [4.69, 9.17) is 11.6 Å². The summed E-state index contributed by atoms with van der Waals surface area (Å²) in [5, 5.41) is 2.02. The zero-order valence-electron chi connectivity index (χ0n) is 5.47. The Hall–Kier alpha value is 0.200. The summed E-state index contributed by atoms with van der Waals surface area (Å²) in [4.78, 5) is 0. The van der Waals surface area contributed by atoms with Crippen LogP contribution in [0.2, 0.25) is 5.02 Å². The first-order valence-corrected chi connectivity index (χ1v) is 5.38. The van der Waals surface area contributed by atoms with E-state index in [1.54, 1.807) is 11.3 Å². The lowest BCUT2D eigenvalue weighted by molar-refractivity contribution is 1.84. The molecule has 0 aliphatic rings. The number of thiophene rings is 1. The van der Waals surface area contributed by atoms with Crippen molar-refractivity contribution in [1.82, 2.24) is 0 Å². The Bertz CT molecular complexity index is 394. The van der Waals surface area contributed by atoms with Gasteiger partial charge in [-0.1, -0.05) is 17.7 Å². The molecule has 0 bridgehead atoms. The van der Waals surface area contributed by atoms with Crippen molar-refractivity contribution in [3.8, 4) is 0 Å².